The maximum absolute atomic E-state index is 4.07. The highest BCUT2D eigenvalue weighted by molar-refractivity contribution is 5.28. The van der Waals surface area contributed by atoms with Gasteiger partial charge < -0.3 is 0 Å². The molecule has 1 aromatic heterocycles. The van der Waals surface area contributed by atoms with Crippen LogP contribution in [0.25, 0.3) is 0 Å². The first-order chi connectivity index (χ1) is 9.15. The Kier molecular flexibility index (Phi) is 4.73. The largest absolute Gasteiger partial charge is 0.265 e. The van der Waals surface area contributed by atoms with E-state index in [4.69, 9.17) is 0 Å². The van der Waals surface area contributed by atoms with Crippen molar-refractivity contribution in [3.05, 3.63) is 65.5 Å². The Morgan fingerprint density at radius 1 is 0.895 bits per heavy atom. The van der Waals surface area contributed by atoms with Crippen LogP contribution in [0.2, 0.25) is 0 Å². The molecule has 0 aliphatic rings. The minimum atomic E-state index is 0.550. The van der Waals surface area contributed by atoms with Crippen LogP contribution in [0, 0.1) is 5.92 Å². The quantitative estimate of drug-likeness (QED) is 0.757. The van der Waals surface area contributed by atoms with Gasteiger partial charge in [-0.3, -0.25) is 4.98 Å². The van der Waals surface area contributed by atoms with Crippen molar-refractivity contribution < 1.29 is 0 Å². The zero-order chi connectivity index (χ0) is 13.7. The number of rotatable bonds is 5. The van der Waals surface area contributed by atoms with Crippen molar-refractivity contribution >= 4 is 0 Å². The zero-order valence-electron chi connectivity index (χ0n) is 12.1. The Hall–Kier alpha value is -1.63. The maximum atomic E-state index is 4.07. The third-order valence-electron chi connectivity index (χ3n) is 3.46. The summed E-state index contributed by atoms with van der Waals surface area (Å²) >= 11 is 0. The van der Waals surface area contributed by atoms with Gasteiger partial charge in [0.15, 0.2) is 0 Å². The van der Waals surface area contributed by atoms with Crippen LogP contribution in [0.15, 0.2) is 48.8 Å². The van der Waals surface area contributed by atoms with Crippen molar-refractivity contribution in [2.45, 2.75) is 39.5 Å². The normalized spacial score (nSPS) is 12.6. The molecule has 1 heterocycles. The van der Waals surface area contributed by atoms with E-state index in [9.17, 15) is 0 Å². The zero-order valence-corrected chi connectivity index (χ0v) is 12.1. The Morgan fingerprint density at radius 3 is 2.32 bits per heavy atom. The molecule has 0 saturated heterocycles. The SMILES string of the molecule is CC(C)Cc1cccc(C(C)Cc2ccncc2)c1. The molecule has 0 bridgehead atoms. The van der Waals surface area contributed by atoms with Crippen LogP contribution < -0.4 is 0 Å². The Labute approximate surface area is 116 Å². The fourth-order valence-corrected chi connectivity index (χ4v) is 2.49. The van der Waals surface area contributed by atoms with Gasteiger partial charge in [0.25, 0.3) is 0 Å². The summed E-state index contributed by atoms with van der Waals surface area (Å²) in [4.78, 5) is 4.07. The average Bonchev–Trinajstić information content (AvgIpc) is 2.39. The Morgan fingerprint density at radius 2 is 1.63 bits per heavy atom. The molecule has 1 heteroatoms. The highest BCUT2D eigenvalue weighted by atomic mass is 14.6. The maximum Gasteiger partial charge on any atom is 0.0270 e. The fourth-order valence-electron chi connectivity index (χ4n) is 2.49. The lowest BCUT2D eigenvalue weighted by molar-refractivity contribution is 0.645. The molecule has 0 N–H and O–H groups in total. The van der Waals surface area contributed by atoms with Gasteiger partial charge in [-0.25, -0.2) is 0 Å². The van der Waals surface area contributed by atoms with E-state index < -0.39 is 0 Å². The molecule has 1 unspecified atom stereocenters. The summed E-state index contributed by atoms with van der Waals surface area (Å²) in [6, 6.07) is 13.3. The summed E-state index contributed by atoms with van der Waals surface area (Å²) in [6.07, 6.45) is 5.98. The Bertz CT molecular complexity index is 502. The molecule has 2 aromatic rings. The first kappa shape index (κ1) is 13.8. The Balaban J connectivity index is 2.08. The van der Waals surface area contributed by atoms with Gasteiger partial charge in [-0.05, 0) is 53.5 Å². The predicted octanol–water partition coefficient (Wildman–Crippen LogP) is 4.63. The summed E-state index contributed by atoms with van der Waals surface area (Å²) in [7, 11) is 0. The molecule has 0 aliphatic carbocycles. The van der Waals surface area contributed by atoms with E-state index in [0.29, 0.717) is 11.8 Å². The highest BCUT2D eigenvalue weighted by Crippen LogP contribution is 2.22. The molecule has 1 nitrogen and oxygen atoms in total. The second-order valence-corrected chi connectivity index (χ2v) is 5.80. The molecule has 0 aliphatic heterocycles. The molecule has 1 atom stereocenters. The summed E-state index contributed by atoms with van der Waals surface area (Å²) in [5.74, 6) is 1.26. The van der Waals surface area contributed by atoms with Crippen molar-refractivity contribution in [2.75, 3.05) is 0 Å². The molecule has 100 valence electrons. The van der Waals surface area contributed by atoms with Gasteiger partial charge in [0.1, 0.15) is 0 Å². The summed E-state index contributed by atoms with van der Waals surface area (Å²) in [5.41, 5.74) is 4.25. The van der Waals surface area contributed by atoms with Gasteiger partial charge in [0, 0.05) is 12.4 Å². The number of aromatic nitrogens is 1. The van der Waals surface area contributed by atoms with Gasteiger partial charge in [0.2, 0.25) is 0 Å². The van der Waals surface area contributed by atoms with Crippen molar-refractivity contribution in [1.29, 1.82) is 0 Å². The van der Waals surface area contributed by atoms with Crippen molar-refractivity contribution in [1.82, 2.24) is 4.98 Å². The van der Waals surface area contributed by atoms with Crippen LogP contribution >= 0.6 is 0 Å². The van der Waals surface area contributed by atoms with E-state index in [-0.39, 0.29) is 0 Å². The third-order valence-corrected chi connectivity index (χ3v) is 3.46. The lowest BCUT2D eigenvalue weighted by Gasteiger charge is -2.14. The highest BCUT2D eigenvalue weighted by Gasteiger charge is 2.08. The number of hydrogen-bond donors (Lipinski definition) is 0. The van der Waals surface area contributed by atoms with Crippen LogP contribution in [-0.2, 0) is 12.8 Å². The topological polar surface area (TPSA) is 12.9 Å². The number of pyridine rings is 1. The molecule has 0 fully saturated rings. The number of nitrogens with zero attached hydrogens (tertiary/aromatic N) is 1. The number of benzene rings is 1. The fraction of sp³-hybridized carbons (Fsp3) is 0.389. The summed E-state index contributed by atoms with van der Waals surface area (Å²) < 4.78 is 0. The van der Waals surface area contributed by atoms with E-state index in [1.54, 1.807) is 0 Å². The summed E-state index contributed by atoms with van der Waals surface area (Å²) in [6.45, 7) is 6.84. The van der Waals surface area contributed by atoms with E-state index in [1.165, 1.54) is 16.7 Å². The summed E-state index contributed by atoms with van der Waals surface area (Å²) in [5, 5.41) is 0. The van der Waals surface area contributed by atoms with Gasteiger partial charge >= 0.3 is 0 Å². The van der Waals surface area contributed by atoms with Gasteiger partial charge in [-0.2, -0.15) is 0 Å². The number of hydrogen-bond acceptors (Lipinski definition) is 1. The monoisotopic (exact) mass is 253 g/mol. The van der Waals surface area contributed by atoms with Gasteiger partial charge in [0.05, 0.1) is 0 Å². The molecule has 0 saturated carbocycles. The van der Waals surface area contributed by atoms with E-state index in [0.717, 1.165) is 12.8 Å². The van der Waals surface area contributed by atoms with Crippen LogP contribution in [0.4, 0.5) is 0 Å². The van der Waals surface area contributed by atoms with Gasteiger partial charge in [-0.15, -0.1) is 0 Å². The molecule has 19 heavy (non-hydrogen) atoms. The first-order valence-electron chi connectivity index (χ1n) is 7.13. The molecule has 0 amide bonds. The average molecular weight is 253 g/mol. The third kappa shape index (κ3) is 4.20. The van der Waals surface area contributed by atoms with E-state index in [1.807, 2.05) is 12.4 Å². The van der Waals surface area contributed by atoms with Crippen molar-refractivity contribution in [3.8, 4) is 0 Å². The predicted molar refractivity (Wildman–Crippen MR) is 81.3 cm³/mol. The lowest BCUT2D eigenvalue weighted by Crippen LogP contribution is -2.01. The van der Waals surface area contributed by atoms with Crippen LogP contribution in [0.3, 0.4) is 0 Å². The molecular formula is C18H23N. The molecule has 0 radical (unpaired) electrons. The van der Waals surface area contributed by atoms with Crippen LogP contribution in [0.5, 0.6) is 0 Å². The van der Waals surface area contributed by atoms with Crippen LogP contribution in [0.1, 0.15) is 43.4 Å². The first-order valence-corrected chi connectivity index (χ1v) is 7.13. The van der Waals surface area contributed by atoms with Crippen LogP contribution in [-0.4, -0.2) is 4.98 Å². The smallest absolute Gasteiger partial charge is 0.0270 e. The van der Waals surface area contributed by atoms with Crippen molar-refractivity contribution in [2.24, 2.45) is 5.92 Å². The van der Waals surface area contributed by atoms with E-state index >= 15 is 0 Å². The lowest BCUT2D eigenvalue weighted by atomic mass is 9.91. The molecule has 0 spiro atoms. The second-order valence-electron chi connectivity index (χ2n) is 5.80. The van der Waals surface area contributed by atoms with E-state index in [2.05, 4.69) is 62.2 Å². The minimum Gasteiger partial charge on any atom is -0.265 e. The standard InChI is InChI=1S/C18H23N/c1-14(2)11-17-5-4-6-18(13-17)15(3)12-16-7-9-19-10-8-16/h4-10,13-15H,11-12H2,1-3H3. The minimum absolute atomic E-state index is 0.550. The van der Waals surface area contributed by atoms with Gasteiger partial charge in [-0.1, -0.05) is 45.0 Å². The van der Waals surface area contributed by atoms with Crippen molar-refractivity contribution in [3.63, 3.8) is 0 Å². The molecule has 1 aromatic carbocycles. The molecular weight excluding hydrogens is 230 g/mol. The molecule has 2 rings (SSSR count). The second kappa shape index (κ2) is 6.51.